The number of nitrogens with zero attached hydrogens (tertiary/aromatic N) is 1. The first kappa shape index (κ1) is 13.9. The van der Waals surface area contributed by atoms with Gasteiger partial charge in [-0.05, 0) is 49.4 Å². The Bertz CT molecular complexity index is 738. The van der Waals surface area contributed by atoms with Crippen molar-refractivity contribution in [3.8, 4) is 16.3 Å². The standard InChI is InChI=1S/C16H16N2O2S/c1-2-19-10-20-13-7-8-14-15(9-13)21-16(18-14)11-3-5-12(17)6-4-11/h3-9H,2,10,17H2,1H3. The van der Waals surface area contributed by atoms with E-state index in [9.17, 15) is 0 Å². The molecule has 0 spiro atoms. The number of nitrogens with two attached hydrogens (primary N) is 1. The number of rotatable bonds is 5. The van der Waals surface area contributed by atoms with Crippen molar-refractivity contribution in [3.05, 3.63) is 42.5 Å². The van der Waals surface area contributed by atoms with Crippen LogP contribution in [0.3, 0.4) is 0 Å². The van der Waals surface area contributed by atoms with Crippen LogP contribution in [0.4, 0.5) is 5.69 Å². The summed E-state index contributed by atoms with van der Waals surface area (Å²) in [6.07, 6.45) is 0. The van der Waals surface area contributed by atoms with Crippen LogP contribution in [0.5, 0.6) is 5.75 Å². The highest BCUT2D eigenvalue weighted by atomic mass is 32.1. The molecule has 2 N–H and O–H groups in total. The first-order valence-corrected chi connectivity index (χ1v) is 7.55. The van der Waals surface area contributed by atoms with Gasteiger partial charge >= 0.3 is 0 Å². The second-order valence-corrected chi connectivity index (χ2v) is 5.56. The summed E-state index contributed by atoms with van der Waals surface area (Å²) >= 11 is 1.64. The van der Waals surface area contributed by atoms with Crippen LogP contribution in [0.15, 0.2) is 42.5 Å². The minimum Gasteiger partial charge on any atom is -0.468 e. The molecular formula is C16H16N2O2S. The number of thiazole rings is 1. The van der Waals surface area contributed by atoms with Gasteiger partial charge in [-0.2, -0.15) is 0 Å². The zero-order valence-corrected chi connectivity index (χ0v) is 12.5. The lowest BCUT2D eigenvalue weighted by molar-refractivity contribution is 0.0225. The number of ether oxygens (including phenoxy) is 2. The zero-order chi connectivity index (χ0) is 14.7. The maximum atomic E-state index is 5.71. The molecule has 0 aliphatic carbocycles. The van der Waals surface area contributed by atoms with Gasteiger partial charge in [-0.15, -0.1) is 11.3 Å². The Hall–Kier alpha value is -2.11. The van der Waals surface area contributed by atoms with Crippen LogP contribution in [0.2, 0.25) is 0 Å². The predicted molar refractivity (Wildman–Crippen MR) is 86.6 cm³/mol. The molecular weight excluding hydrogens is 284 g/mol. The number of nitrogen functional groups attached to an aromatic ring is 1. The molecule has 0 saturated heterocycles. The van der Waals surface area contributed by atoms with E-state index in [2.05, 4.69) is 4.98 Å². The summed E-state index contributed by atoms with van der Waals surface area (Å²) in [5, 5.41) is 0.979. The van der Waals surface area contributed by atoms with Crippen molar-refractivity contribution in [3.63, 3.8) is 0 Å². The molecule has 0 fully saturated rings. The van der Waals surface area contributed by atoms with Crippen molar-refractivity contribution in [1.29, 1.82) is 0 Å². The molecule has 1 aromatic heterocycles. The fourth-order valence-electron chi connectivity index (χ4n) is 1.94. The largest absolute Gasteiger partial charge is 0.468 e. The quantitative estimate of drug-likeness (QED) is 0.441. The molecule has 5 heteroatoms. The van der Waals surface area contributed by atoms with E-state index in [1.54, 1.807) is 11.3 Å². The van der Waals surface area contributed by atoms with Gasteiger partial charge in [-0.25, -0.2) is 4.98 Å². The van der Waals surface area contributed by atoms with Crippen LogP contribution in [-0.4, -0.2) is 18.4 Å². The minimum atomic E-state index is 0.269. The molecule has 0 atom stereocenters. The second-order valence-electron chi connectivity index (χ2n) is 4.53. The summed E-state index contributed by atoms with van der Waals surface area (Å²) in [6, 6.07) is 13.6. The molecule has 4 nitrogen and oxygen atoms in total. The summed E-state index contributed by atoms with van der Waals surface area (Å²) in [5.74, 6) is 0.795. The van der Waals surface area contributed by atoms with Gasteiger partial charge in [-0.1, -0.05) is 0 Å². The van der Waals surface area contributed by atoms with Gasteiger partial charge in [0.2, 0.25) is 0 Å². The number of hydrogen-bond acceptors (Lipinski definition) is 5. The van der Waals surface area contributed by atoms with Crippen LogP contribution in [0, 0.1) is 0 Å². The van der Waals surface area contributed by atoms with E-state index in [1.165, 1.54) is 0 Å². The van der Waals surface area contributed by atoms with Crippen LogP contribution >= 0.6 is 11.3 Å². The second kappa shape index (κ2) is 6.11. The molecule has 3 aromatic rings. The predicted octanol–water partition coefficient (Wildman–Crippen LogP) is 3.92. The van der Waals surface area contributed by atoms with E-state index in [4.69, 9.17) is 15.2 Å². The maximum absolute atomic E-state index is 5.71. The Morgan fingerprint density at radius 2 is 1.95 bits per heavy atom. The van der Waals surface area contributed by atoms with E-state index in [0.29, 0.717) is 6.61 Å². The van der Waals surface area contributed by atoms with Crippen LogP contribution in [-0.2, 0) is 4.74 Å². The summed E-state index contributed by atoms with van der Waals surface area (Å²) in [6.45, 7) is 2.85. The SMILES string of the molecule is CCOCOc1ccc2nc(-c3ccc(N)cc3)sc2c1. The lowest BCUT2D eigenvalue weighted by Crippen LogP contribution is -2.01. The van der Waals surface area contributed by atoms with Crippen LogP contribution in [0.25, 0.3) is 20.8 Å². The molecule has 0 bridgehead atoms. The molecule has 1 heterocycles. The average molecular weight is 300 g/mol. The molecule has 0 saturated carbocycles. The highest BCUT2D eigenvalue weighted by Gasteiger charge is 2.07. The summed E-state index contributed by atoms with van der Waals surface area (Å²) < 4.78 is 11.8. The smallest absolute Gasteiger partial charge is 0.189 e. The zero-order valence-electron chi connectivity index (χ0n) is 11.7. The molecule has 21 heavy (non-hydrogen) atoms. The van der Waals surface area contributed by atoms with Gasteiger partial charge in [0, 0.05) is 17.9 Å². The summed E-state index contributed by atoms with van der Waals surface area (Å²) in [4.78, 5) is 4.64. The highest BCUT2D eigenvalue weighted by Crippen LogP contribution is 2.32. The third-order valence-electron chi connectivity index (χ3n) is 3.03. The van der Waals surface area contributed by atoms with Gasteiger partial charge in [0.1, 0.15) is 10.8 Å². The highest BCUT2D eigenvalue weighted by molar-refractivity contribution is 7.21. The van der Waals surface area contributed by atoms with Gasteiger partial charge < -0.3 is 15.2 Å². The van der Waals surface area contributed by atoms with E-state index in [0.717, 1.165) is 32.2 Å². The number of fused-ring (bicyclic) bond motifs is 1. The van der Waals surface area contributed by atoms with Crippen molar-refractivity contribution in [2.24, 2.45) is 0 Å². The molecule has 2 aromatic carbocycles. The van der Waals surface area contributed by atoms with Gasteiger partial charge in [0.25, 0.3) is 0 Å². The molecule has 0 radical (unpaired) electrons. The molecule has 0 unspecified atom stereocenters. The van der Waals surface area contributed by atoms with Crippen molar-refractivity contribution in [2.75, 3.05) is 19.1 Å². The molecule has 0 amide bonds. The van der Waals surface area contributed by atoms with Gasteiger partial charge in [0.15, 0.2) is 6.79 Å². The van der Waals surface area contributed by atoms with E-state index < -0.39 is 0 Å². The van der Waals surface area contributed by atoms with Crippen molar-refractivity contribution >= 4 is 27.2 Å². The number of aromatic nitrogens is 1. The Kier molecular flexibility index (Phi) is 4.03. The van der Waals surface area contributed by atoms with Gasteiger partial charge in [0.05, 0.1) is 10.2 Å². The molecule has 0 aliphatic heterocycles. The third kappa shape index (κ3) is 3.15. The fraction of sp³-hybridized carbons (Fsp3) is 0.188. The molecule has 108 valence electrons. The van der Waals surface area contributed by atoms with Crippen molar-refractivity contribution < 1.29 is 9.47 Å². The average Bonchev–Trinajstić information content (AvgIpc) is 2.91. The Labute approximate surface area is 127 Å². The minimum absolute atomic E-state index is 0.269. The first-order chi connectivity index (χ1) is 10.3. The monoisotopic (exact) mass is 300 g/mol. The fourth-order valence-corrected chi connectivity index (χ4v) is 2.94. The number of benzene rings is 2. The first-order valence-electron chi connectivity index (χ1n) is 6.73. The summed E-state index contributed by atoms with van der Waals surface area (Å²) in [7, 11) is 0. The topological polar surface area (TPSA) is 57.4 Å². The Morgan fingerprint density at radius 3 is 2.71 bits per heavy atom. The maximum Gasteiger partial charge on any atom is 0.189 e. The summed E-state index contributed by atoms with van der Waals surface area (Å²) in [5.41, 5.74) is 8.51. The van der Waals surface area contributed by atoms with Gasteiger partial charge in [-0.3, -0.25) is 0 Å². The van der Waals surface area contributed by atoms with Crippen LogP contribution < -0.4 is 10.5 Å². The Balaban J connectivity index is 1.87. The van der Waals surface area contributed by atoms with E-state index in [1.807, 2.05) is 49.4 Å². The lowest BCUT2D eigenvalue weighted by atomic mass is 10.2. The van der Waals surface area contributed by atoms with E-state index >= 15 is 0 Å². The third-order valence-corrected chi connectivity index (χ3v) is 4.10. The number of anilines is 1. The van der Waals surface area contributed by atoms with Crippen molar-refractivity contribution in [1.82, 2.24) is 4.98 Å². The normalized spacial score (nSPS) is 10.9. The number of hydrogen-bond donors (Lipinski definition) is 1. The lowest BCUT2D eigenvalue weighted by Gasteiger charge is -2.04. The molecule has 3 rings (SSSR count). The molecule has 0 aliphatic rings. The van der Waals surface area contributed by atoms with Crippen molar-refractivity contribution in [2.45, 2.75) is 6.92 Å². The Morgan fingerprint density at radius 1 is 1.14 bits per heavy atom. The van der Waals surface area contributed by atoms with Crippen LogP contribution in [0.1, 0.15) is 6.92 Å². The van der Waals surface area contributed by atoms with E-state index in [-0.39, 0.29) is 6.79 Å².